The van der Waals surface area contributed by atoms with Crippen LogP contribution < -0.4 is 5.32 Å². The fraction of sp³-hybridized carbons (Fsp3) is 0.286. The lowest BCUT2D eigenvalue weighted by Crippen LogP contribution is -2.34. The topological polar surface area (TPSA) is 45.2 Å². The fourth-order valence-corrected chi connectivity index (χ4v) is 2.55. The molecular formula is C14H17N3OS. The van der Waals surface area contributed by atoms with E-state index in [1.54, 1.807) is 29.7 Å². The van der Waals surface area contributed by atoms with E-state index in [9.17, 15) is 4.79 Å². The second-order valence-electron chi connectivity index (χ2n) is 4.46. The zero-order chi connectivity index (χ0) is 13.7. The predicted octanol–water partition coefficient (Wildman–Crippen LogP) is 2.18. The van der Waals surface area contributed by atoms with Gasteiger partial charge in [0.05, 0.1) is 6.04 Å². The van der Waals surface area contributed by atoms with Crippen molar-refractivity contribution in [1.29, 1.82) is 0 Å². The lowest BCUT2D eigenvalue weighted by molar-refractivity contribution is 0.0937. The molecule has 0 aliphatic carbocycles. The first-order valence-corrected chi connectivity index (χ1v) is 7.00. The van der Waals surface area contributed by atoms with Crippen LogP contribution in [0, 0.1) is 0 Å². The molecule has 0 aliphatic heterocycles. The molecule has 0 aliphatic rings. The van der Waals surface area contributed by atoms with Gasteiger partial charge in [-0.25, -0.2) is 0 Å². The van der Waals surface area contributed by atoms with Gasteiger partial charge in [-0.2, -0.15) is 11.3 Å². The molecule has 2 aromatic heterocycles. The van der Waals surface area contributed by atoms with E-state index in [4.69, 9.17) is 0 Å². The average molecular weight is 275 g/mol. The maximum absolute atomic E-state index is 12.0. The Bertz CT molecular complexity index is 511. The SMILES string of the molecule is CN(C)C(CNC(=O)c1ccccn1)c1ccsc1. The van der Waals surface area contributed by atoms with E-state index in [0.29, 0.717) is 12.2 Å². The molecule has 2 heterocycles. The fourth-order valence-electron chi connectivity index (χ4n) is 1.84. The number of hydrogen-bond donors (Lipinski definition) is 1. The third-order valence-electron chi connectivity index (χ3n) is 2.90. The number of aromatic nitrogens is 1. The van der Waals surface area contributed by atoms with Crippen LogP contribution in [0.25, 0.3) is 0 Å². The molecule has 1 atom stereocenters. The van der Waals surface area contributed by atoms with Gasteiger partial charge in [-0.15, -0.1) is 0 Å². The summed E-state index contributed by atoms with van der Waals surface area (Å²) in [6.07, 6.45) is 1.62. The van der Waals surface area contributed by atoms with Gasteiger partial charge in [0.1, 0.15) is 5.69 Å². The molecular weight excluding hydrogens is 258 g/mol. The lowest BCUT2D eigenvalue weighted by atomic mass is 10.1. The second kappa shape index (κ2) is 6.45. The number of likely N-dealkylation sites (N-methyl/N-ethyl adjacent to an activating group) is 1. The van der Waals surface area contributed by atoms with Gasteiger partial charge >= 0.3 is 0 Å². The van der Waals surface area contributed by atoms with Crippen molar-refractivity contribution in [3.8, 4) is 0 Å². The van der Waals surface area contributed by atoms with Crippen molar-refractivity contribution in [2.45, 2.75) is 6.04 Å². The van der Waals surface area contributed by atoms with Gasteiger partial charge in [0.2, 0.25) is 0 Å². The van der Waals surface area contributed by atoms with Gasteiger partial charge in [0, 0.05) is 12.7 Å². The smallest absolute Gasteiger partial charge is 0.269 e. The number of carbonyl (C=O) groups is 1. The van der Waals surface area contributed by atoms with Gasteiger partial charge in [-0.05, 0) is 48.6 Å². The Labute approximate surface area is 117 Å². The Morgan fingerprint density at radius 1 is 1.42 bits per heavy atom. The Morgan fingerprint density at radius 3 is 2.84 bits per heavy atom. The van der Waals surface area contributed by atoms with E-state index in [1.807, 2.05) is 25.5 Å². The van der Waals surface area contributed by atoms with Crippen LogP contribution in [0.2, 0.25) is 0 Å². The number of amides is 1. The molecule has 0 saturated heterocycles. The highest BCUT2D eigenvalue weighted by molar-refractivity contribution is 7.07. The van der Waals surface area contributed by atoms with Gasteiger partial charge in [0.25, 0.3) is 5.91 Å². The molecule has 19 heavy (non-hydrogen) atoms. The van der Waals surface area contributed by atoms with E-state index in [2.05, 4.69) is 26.6 Å². The van der Waals surface area contributed by atoms with Gasteiger partial charge in [-0.3, -0.25) is 9.78 Å². The summed E-state index contributed by atoms with van der Waals surface area (Å²) in [4.78, 5) is 18.1. The van der Waals surface area contributed by atoms with Gasteiger partial charge < -0.3 is 10.2 Å². The molecule has 0 aromatic carbocycles. The minimum Gasteiger partial charge on any atom is -0.349 e. The quantitative estimate of drug-likeness (QED) is 0.909. The number of thiophene rings is 1. The molecule has 0 fully saturated rings. The zero-order valence-electron chi connectivity index (χ0n) is 11.0. The van der Waals surface area contributed by atoms with Crippen LogP contribution >= 0.6 is 11.3 Å². The van der Waals surface area contributed by atoms with Crippen LogP contribution in [0.4, 0.5) is 0 Å². The molecule has 0 radical (unpaired) electrons. The summed E-state index contributed by atoms with van der Waals surface area (Å²) in [6, 6.07) is 7.58. The van der Waals surface area contributed by atoms with Crippen LogP contribution in [0.1, 0.15) is 22.1 Å². The highest BCUT2D eigenvalue weighted by Crippen LogP contribution is 2.19. The third kappa shape index (κ3) is 3.62. The van der Waals surface area contributed by atoms with Crippen LogP contribution in [0.5, 0.6) is 0 Å². The van der Waals surface area contributed by atoms with E-state index >= 15 is 0 Å². The summed E-state index contributed by atoms with van der Waals surface area (Å²) in [6.45, 7) is 0.569. The maximum Gasteiger partial charge on any atom is 0.269 e. The number of carbonyl (C=O) groups excluding carboxylic acids is 1. The number of nitrogens with zero attached hydrogens (tertiary/aromatic N) is 2. The Hall–Kier alpha value is -1.72. The van der Waals surface area contributed by atoms with Crippen molar-refractivity contribution in [3.05, 3.63) is 52.5 Å². The van der Waals surface area contributed by atoms with E-state index < -0.39 is 0 Å². The summed E-state index contributed by atoms with van der Waals surface area (Å²) < 4.78 is 0. The molecule has 100 valence electrons. The van der Waals surface area contributed by atoms with Crippen molar-refractivity contribution in [3.63, 3.8) is 0 Å². The summed E-state index contributed by atoms with van der Waals surface area (Å²) in [5.74, 6) is -0.136. The van der Waals surface area contributed by atoms with Gasteiger partial charge in [0.15, 0.2) is 0 Å². The summed E-state index contributed by atoms with van der Waals surface area (Å²) in [5, 5.41) is 7.09. The Morgan fingerprint density at radius 2 is 2.26 bits per heavy atom. The molecule has 0 saturated carbocycles. The highest BCUT2D eigenvalue weighted by Gasteiger charge is 2.16. The summed E-state index contributed by atoms with van der Waals surface area (Å²) in [7, 11) is 4.02. The second-order valence-corrected chi connectivity index (χ2v) is 5.24. The monoisotopic (exact) mass is 275 g/mol. The summed E-state index contributed by atoms with van der Waals surface area (Å²) >= 11 is 1.66. The van der Waals surface area contributed by atoms with Crippen molar-refractivity contribution < 1.29 is 4.79 Å². The number of pyridine rings is 1. The zero-order valence-corrected chi connectivity index (χ0v) is 11.9. The van der Waals surface area contributed by atoms with Crippen LogP contribution in [0.3, 0.4) is 0 Å². The van der Waals surface area contributed by atoms with Crippen LogP contribution in [0.15, 0.2) is 41.2 Å². The van der Waals surface area contributed by atoms with E-state index in [-0.39, 0.29) is 11.9 Å². The van der Waals surface area contributed by atoms with Gasteiger partial charge in [-0.1, -0.05) is 6.07 Å². The van der Waals surface area contributed by atoms with Crippen molar-refractivity contribution in [2.75, 3.05) is 20.6 Å². The average Bonchev–Trinajstić information content (AvgIpc) is 2.93. The third-order valence-corrected chi connectivity index (χ3v) is 3.61. The molecule has 0 spiro atoms. The first-order valence-electron chi connectivity index (χ1n) is 6.06. The summed E-state index contributed by atoms with van der Waals surface area (Å²) in [5.41, 5.74) is 1.67. The molecule has 2 rings (SSSR count). The first-order chi connectivity index (χ1) is 9.18. The molecule has 2 aromatic rings. The van der Waals surface area contributed by atoms with Crippen molar-refractivity contribution in [2.24, 2.45) is 0 Å². The van der Waals surface area contributed by atoms with Crippen LogP contribution in [-0.2, 0) is 0 Å². The molecule has 1 N–H and O–H groups in total. The number of hydrogen-bond acceptors (Lipinski definition) is 4. The Balaban J connectivity index is 1.98. The first kappa shape index (κ1) is 13.7. The predicted molar refractivity (Wildman–Crippen MR) is 77.3 cm³/mol. The van der Waals surface area contributed by atoms with E-state index in [0.717, 1.165) is 0 Å². The van der Waals surface area contributed by atoms with Crippen LogP contribution in [-0.4, -0.2) is 36.4 Å². The number of rotatable bonds is 5. The molecule has 1 unspecified atom stereocenters. The van der Waals surface area contributed by atoms with Crippen molar-refractivity contribution in [1.82, 2.24) is 15.2 Å². The lowest BCUT2D eigenvalue weighted by Gasteiger charge is -2.23. The normalized spacial score (nSPS) is 12.4. The highest BCUT2D eigenvalue weighted by atomic mass is 32.1. The molecule has 1 amide bonds. The Kier molecular flexibility index (Phi) is 4.65. The largest absolute Gasteiger partial charge is 0.349 e. The van der Waals surface area contributed by atoms with E-state index in [1.165, 1.54) is 5.56 Å². The molecule has 5 heteroatoms. The molecule has 4 nitrogen and oxygen atoms in total. The minimum atomic E-state index is -0.136. The van der Waals surface area contributed by atoms with Crippen molar-refractivity contribution >= 4 is 17.2 Å². The number of nitrogens with one attached hydrogen (secondary N) is 1. The standard InChI is InChI=1S/C14H17N3OS/c1-17(2)13(11-6-8-19-10-11)9-16-14(18)12-5-3-4-7-15-12/h3-8,10,13H,9H2,1-2H3,(H,16,18). The minimum absolute atomic E-state index is 0.136. The molecule has 0 bridgehead atoms. The maximum atomic E-state index is 12.0.